The Hall–Kier alpha value is -3.15. The summed E-state index contributed by atoms with van der Waals surface area (Å²) in [5, 5.41) is 2.72. The van der Waals surface area contributed by atoms with Crippen LogP contribution in [-0.4, -0.2) is 36.3 Å². The Morgan fingerprint density at radius 1 is 1.08 bits per heavy atom. The molecule has 1 aliphatic rings. The largest absolute Gasteiger partial charge is 0.496 e. The van der Waals surface area contributed by atoms with E-state index in [-0.39, 0.29) is 6.54 Å². The van der Waals surface area contributed by atoms with Gasteiger partial charge in [-0.2, -0.15) is 0 Å². The maximum Gasteiger partial charge on any atom is 0.262 e. The fraction of sp³-hybridized carbons (Fsp3) is 0.211. The summed E-state index contributed by atoms with van der Waals surface area (Å²) in [5.41, 5.74) is 2.22. The van der Waals surface area contributed by atoms with Crippen molar-refractivity contribution in [2.24, 2.45) is 0 Å². The second-order valence-electron chi connectivity index (χ2n) is 5.67. The number of methoxy groups -OCH3 is 1. The van der Waals surface area contributed by atoms with Crippen molar-refractivity contribution in [1.29, 1.82) is 0 Å². The van der Waals surface area contributed by atoms with Crippen LogP contribution in [0.1, 0.15) is 33.2 Å². The first-order valence-corrected chi connectivity index (χ1v) is 7.97. The summed E-state index contributed by atoms with van der Waals surface area (Å²) in [6, 6.07) is 11.9. The number of aryl methyl sites for hydroxylation is 1. The molecule has 128 valence electrons. The van der Waals surface area contributed by atoms with Gasteiger partial charge in [0.15, 0.2) is 0 Å². The predicted molar refractivity (Wildman–Crippen MR) is 92.8 cm³/mol. The van der Waals surface area contributed by atoms with E-state index in [9.17, 15) is 14.4 Å². The van der Waals surface area contributed by atoms with Gasteiger partial charge in [0, 0.05) is 5.69 Å². The molecule has 0 saturated carbocycles. The molecule has 2 aromatic carbocycles. The Labute approximate surface area is 145 Å². The second kappa shape index (κ2) is 6.76. The first-order valence-electron chi connectivity index (χ1n) is 7.97. The van der Waals surface area contributed by atoms with E-state index in [2.05, 4.69) is 5.32 Å². The summed E-state index contributed by atoms with van der Waals surface area (Å²) in [4.78, 5) is 37.8. The molecule has 3 rings (SSSR count). The standard InChI is InChI=1S/C19H18N2O4/c1-3-12-10-13(8-9-16(12)25-2)20-17(22)11-21-18(23)14-6-4-5-7-15(14)19(21)24/h4-10H,3,11H2,1-2H3,(H,20,22). The van der Waals surface area contributed by atoms with Crippen LogP contribution in [0.3, 0.4) is 0 Å². The van der Waals surface area contributed by atoms with Crippen LogP contribution in [0.15, 0.2) is 42.5 Å². The van der Waals surface area contributed by atoms with Crippen LogP contribution in [0, 0.1) is 0 Å². The van der Waals surface area contributed by atoms with Gasteiger partial charge in [-0.1, -0.05) is 19.1 Å². The van der Waals surface area contributed by atoms with Gasteiger partial charge in [-0.25, -0.2) is 0 Å². The summed E-state index contributed by atoms with van der Waals surface area (Å²) in [6.45, 7) is 1.67. The third kappa shape index (κ3) is 3.10. The number of hydrogen-bond acceptors (Lipinski definition) is 4. The minimum Gasteiger partial charge on any atom is -0.496 e. The molecule has 0 aromatic heterocycles. The first kappa shape index (κ1) is 16.7. The zero-order chi connectivity index (χ0) is 18.0. The number of carbonyl (C=O) groups is 3. The SMILES string of the molecule is CCc1cc(NC(=O)CN2C(=O)c3ccccc3C2=O)ccc1OC. The van der Waals surface area contributed by atoms with Crippen LogP contribution in [0.2, 0.25) is 0 Å². The van der Waals surface area contributed by atoms with Crippen LogP contribution < -0.4 is 10.1 Å². The molecule has 0 fully saturated rings. The van der Waals surface area contributed by atoms with E-state index in [1.807, 2.05) is 13.0 Å². The summed E-state index contributed by atoms with van der Waals surface area (Å²) < 4.78 is 5.26. The number of nitrogens with one attached hydrogen (secondary N) is 1. The van der Waals surface area contributed by atoms with Gasteiger partial charge in [0.25, 0.3) is 11.8 Å². The fourth-order valence-electron chi connectivity index (χ4n) is 2.86. The predicted octanol–water partition coefficient (Wildman–Crippen LogP) is 2.49. The Morgan fingerprint density at radius 3 is 2.28 bits per heavy atom. The van der Waals surface area contributed by atoms with Crippen LogP contribution in [0.5, 0.6) is 5.75 Å². The lowest BCUT2D eigenvalue weighted by Gasteiger charge is -2.14. The maximum atomic E-state index is 12.3. The number of nitrogens with zero attached hydrogens (tertiary/aromatic N) is 1. The molecule has 0 unspecified atom stereocenters. The Morgan fingerprint density at radius 2 is 1.72 bits per heavy atom. The van der Waals surface area contributed by atoms with Crippen molar-refractivity contribution >= 4 is 23.4 Å². The molecule has 25 heavy (non-hydrogen) atoms. The summed E-state index contributed by atoms with van der Waals surface area (Å²) in [5.74, 6) is -0.568. The maximum absolute atomic E-state index is 12.3. The second-order valence-corrected chi connectivity index (χ2v) is 5.67. The molecule has 6 heteroatoms. The average Bonchev–Trinajstić information content (AvgIpc) is 2.87. The highest BCUT2D eigenvalue weighted by molar-refractivity contribution is 6.22. The number of benzene rings is 2. The monoisotopic (exact) mass is 338 g/mol. The molecule has 1 N–H and O–H groups in total. The zero-order valence-electron chi connectivity index (χ0n) is 14.0. The highest BCUT2D eigenvalue weighted by atomic mass is 16.5. The van der Waals surface area contributed by atoms with Crippen LogP contribution in [0.4, 0.5) is 5.69 Å². The smallest absolute Gasteiger partial charge is 0.262 e. The Balaban J connectivity index is 1.72. The van der Waals surface area contributed by atoms with Crippen molar-refractivity contribution < 1.29 is 19.1 Å². The minimum absolute atomic E-state index is 0.320. The number of hydrogen-bond donors (Lipinski definition) is 1. The summed E-state index contributed by atoms with van der Waals surface area (Å²) in [6.07, 6.45) is 0.755. The van der Waals surface area contributed by atoms with Gasteiger partial charge >= 0.3 is 0 Å². The van der Waals surface area contributed by atoms with Gasteiger partial charge in [0.2, 0.25) is 5.91 Å². The van der Waals surface area contributed by atoms with Gasteiger partial charge in [-0.15, -0.1) is 0 Å². The topological polar surface area (TPSA) is 75.7 Å². The van der Waals surface area contributed by atoms with E-state index < -0.39 is 17.7 Å². The molecule has 2 aromatic rings. The third-order valence-corrected chi connectivity index (χ3v) is 4.12. The Kier molecular flexibility index (Phi) is 4.52. The minimum atomic E-state index is -0.445. The average molecular weight is 338 g/mol. The zero-order valence-corrected chi connectivity index (χ0v) is 14.0. The van der Waals surface area contributed by atoms with Crippen LogP contribution in [0.25, 0.3) is 0 Å². The summed E-state index contributed by atoms with van der Waals surface area (Å²) >= 11 is 0. The van der Waals surface area contributed by atoms with E-state index >= 15 is 0 Å². The quantitative estimate of drug-likeness (QED) is 0.850. The highest BCUT2D eigenvalue weighted by Gasteiger charge is 2.36. The van der Waals surface area contributed by atoms with Crippen molar-refractivity contribution in [1.82, 2.24) is 4.90 Å². The molecule has 0 spiro atoms. The number of fused-ring (bicyclic) bond motifs is 1. The van der Waals surface area contributed by atoms with Crippen molar-refractivity contribution in [3.05, 3.63) is 59.2 Å². The molecule has 0 aliphatic carbocycles. The number of amides is 3. The van der Waals surface area contributed by atoms with Crippen LogP contribution >= 0.6 is 0 Å². The van der Waals surface area contributed by atoms with Crippen LogP contribution in [-0.2, 0) is 11.2 Å². The lowest BCUT2D eigenvalue weighted by molar-refractivity contribution is -0.116. The van der Waals surface area contributed by atoms with E-state index in [0.29, 0.717) is 16.8 Å². The van der Waals surface area contributed by atoms with E-state index in [1.165, 1.54) is 0 Å². The number of carbonyl (C=O) groups excluding carboxylic acids is 3. The number of imide groups is 1. The first-order chi connectivity index (χ1) is 12.0. The van der Waals surface area contributed by atoms with Gasteiger partial charge in [0.05, 0.1) is 18.2 Å². The third-order valence-electron chi connectivity index (χ3n) is 4.12. The van der Waals surface area contributed by atoms with Gasteiger partial charge in [-0.3, -0.25) is 19.3 Å². The number of rotatable bonds is 5. The molecular weight excluding hydrogens is 320 g/mol. The molecule has 6 nitrogen and oxygen atoms in total. The molecule has 0 bridgehead atoms. The van der Waals surface area contributed by atoms with Crippen molar-refractivity contribution in [3.63, 3.8) is 0 Å². The number of ether oxygens (including phenoxy) is 1. The Bertz CT molecular complexity index is 825. The fourth-order valence-corrected chi connectivity index (χ4v) is 2.86. The summed E-state index contributed by atoms with van der Waals surface area (Å²) in [7, 11) is 1.59. The molecular formula is C19H18N2O4. The normalized spacial score (nSPS) is 13.0. The molecule has 0 saturated heterocycles. The number of anilines is 1. The molecule has 0 radical (unpaired) electrons. The molecule has 0 atom stereocenters. The van der Waals surface area contributed by atoms with Crippen molar-refractivity contribution in [2.75, 3.05) is 19.0 Å². The molecule has 1 aliphatic heterocycles. The van der Waals surface area contributed by atoms with Crippen molar-refractivity contribution in [3.8, 4) is 5.75 Å². The van der Waals surface area contributed by atoms with Gasteiger partial charge < -0.3 is 10.1 Å². The lowest BCUT2D eigenvalue weighted by Crippen LogP contribution is -2.37. The lowest BCUT2D eigenvalue weighted by atomic mass is 10.1. The van der Waals surface area contributed by atoms with Crippen molar-refractivity contribution in [2.45, 2.75) is 13.3 Å². The van der Waals surface area contributed by atoms with Gasteiger partial charge in [0.1, 0.15) is 12.3 Å². The molecule has 3 amide bonds. The molecule has 1 heterocycles. The highest BCUT2D eigenvalue weighted by Crippen LogP contribution is 2.24. The van der Waals surface area contributed by atoms with E-state index in [4.69, 9.17) is 4.74 Å². The van der Waals surface area contributed by atoms with Gasteiger partial charge in [-0.05, 0) is 42.3 Å². The van der Waals surface area contributed by atoms with E-state index in [0.717, 1.165) is 22.6 Å². The van der Waals surface area contributed by atoms with E-state index in [1.54, 1.807) is 43.5 Å².